The Morgan fingerprint density at radius 2 is 1.72 bits per heavy atom. The molecule has 5 aliphatic heterocycles. The zero-order valence-electron chi connectivity index (χ0n) is 31.3. The first-order valence-corrected chi connectivity index (χ1v) is 18.8. The summed E-state index contributed by atoms with van der Waals surface area (Å²) in [6.45, 7) is 15.9. The largest absolute Gasteiger partial charge is 0.511 e. The van der Waals surface area contributed by atoms with Crippen molar-refractivity contribution in [2.75, 3.05) is 13.7 Å². The number of fused-ring (bicyclic) bond motifs is 5. The molecular weight excluding hydrogens is 624 g/mol. The molecule has 6 rings (SSSR count). The Balaban J connectivity index is 1.53. The van der Waals surface area contributed by atoms with Gasteiger partial charge in [-0.25, -0.2) is 15.0 Å². The number of aliphatic hydroxyl groups excluding tert-OH is 1. The maximum atomic E-state index is 12.4. The molecule has 5 heterocycles. The molecule has 1 saturated heterocycles. The number of nitrogens with one attached hydrogen (secondary N) is 1. The number of aliphatic imine (C=N–C) groups is 3. The highest BCUT2D eigenvalue weighted by Crippen LogP contribution is 2.46. The molecule has 1 fully saturated rings. The minimum Gasteiger partial charge on any atom is -0.511 e. The molecule has 0 spiro atoms. The first-order valence-electron chi connectivity index (χ1n) is 18.8. The van der Waals surface area contributed by atoms with Crippen LogP contribution in [0.3, 0.4) is 0 Å². The lowest BCUT2D eigenvalue weighted by atomic mass is 9.86. The van der Waals surface area contributed by atoms with E-state index in [2.05, 4.69) is 65.1 Å². The van der Waals surface area contributed by atoms with Crippen LogP contribution in [0.15, 0.2) is 106 Å². The van der Waals surface area contributed by atoms with E-state index in [9.17, 15) is 9.90 Å². The molecule has 0 aromatic carbocycles. The number of unbranched alkanes of at least 4 members (excludes halogenated alkanes) is 3. The summed E-state index contributed by atoms with van der Waals surface area (Å²) in [7, 11) is 1.44. The van der Waals surface area contributed by atoms with Gasteiger partial charge in [-0.1, -0.05) is 53.4 Å². The van der Waals surface area contributed by atoms with E-state index >= 15 is 0 Å². The standard InChI is InChI=1S/C42H54N4O4/c1-9-12-13-14-18-50-37(15-10-2)39-25(6)32-20-31-24(5)28(16-17-38(48)49-8)41(45-31)29-19-36(47)40-26(7)33(46-42(29)40)21-34-27(11-3)23(4)30(43-34)22-35(39)44-32/h20-22,24,28,37,45,47H,9-19H2,1-8H3/t24?,28-,37?/m0/s1. The molecule has 8 nitrogen and oxygen atoms in total. The van der Waals surface area contributed by atoms with Crippen LogP contribution in [0.4, 0.5) is 0 Å². The predicted molar refractivity (Wildman–Crippen MR) is 202 cm³/mol. The van der Waals surface area contributed by atoms with Crippen molar-refractivity contribution in [2.24, 2.45) is 26.8 Å². The topological polar surface area (TPSA) is 105 Å². The van der Waals surface area contributed by atoms with E-state index in [1.165, 1.54) is 31.9 Å². The number of esters is 1. The van der Waals surface area contributed by atoms with Crippen molar-refractivity contribution < 1.29 is 19.4 Å². The lowest BCUT2D eigenvalue weighted by Crippen LogP contribution is -2.19. The third-order valence-electron chi connectivity index (χ3n) is 11.2. The highest BCUT2D eigenvalue weighted by molar-refractivity contribution is 6.21. The molecule has 6 aliphatic rings. The van der Waals surface area contributed by atoms with Crippen LogP contribution in [0.5, 0.6) is 0 Å². The number of hydrogen-bond acceptors (Lipinski definition) is 8. The number of carbonyl (C=O) groups excluding carboxylic acids is 1. The molecule has 2 N–H and O–H groups in total. The predicted octanol–water partition coefficient (Wildman–Crippen LogP) is 9.38. The van der Waals surface area contributed by atoms with Crippen LogP contribution in [0.2, 0.25) is 0 Å². The molecule has 2 unspecified atom stereocenters. The fourth-order valence-electron chi connectivity index (χ4n) is 8.23. The third kappa shape index (κ3) is 6.59. The van der Waals surface area contributed by atoms with Crippen molar-refractivity contribution in [1.29, 1.82) is 0 Å². The molecular formula is C42H54N4O4. The Morgan fingerprint density at radius 3 is 2.44 bits per heavy atom. The molecule has 8 bridgehead atoms. The van der Waals surface area contributed by atoms with E-state index in [-0.39, 0.29) is 23.9 Å². The van der Waals surface area contributed by atoms with E-state index in [0.29, 0.717) is 25.0 Å². The van der Waals surface area contributed by atoms with Gasteiger partial charge in [0.1, 0.15) is 5.76 Å². The lowest BCUT2D eigenvalue weighted by molar-refractivity contribution is -0.140. The Hall–Kier alpha value is -4.04. The number of methoxy groups -OCH3 is 1. The van der Waals surface area contributed by atoms with E-state index in [1.807, 2.05) is 6.92 Å². The van der Waals surface area contributed by atoms with Gasteiger partial charge >= 0.3 is 5.97 Å². The number of carbonyl (C=O) groups is 1. The van der Waals surface area contributed by atoms with Crippen molar-refractivity contribution in [3.63, 3.8) is 0 Å². The molecule has 3 atom stereocenters. The van der Waals surface area contributed by atoms with Crippen molar-refractivity contribution in [2.45, 2.75) is 119 Å². The van der Waals surface area contributed by atoms with Gasteiger partial charge < -0.3 is 19.9 Å². The van der Waals surface area contributed by atoms with Crippen LogP contribution in [0, 0.1) is 11.8 Å². The summed E-state index contributed by atoms with van der Waals surface area (Å²) < 4.78 is 11.7. The molecule has 8 heteroatoms. The molecule has 266 valence electrons. The monoisotopic (exact) mass is 678 g/mol. The van der Waals surface area contributed by atoms with Crippen molar-refractivity contribution in [1.82, 2.24) is 5.32 Å². The summed E-state index contributed by atoms with van der Waals surface area (Å²) in [5.41, 5.74) is 14.7. The van der Waals surface area contributed by atoms with Gasteiger partial charge in [-0.3, -0.25) is 4.79 Å². The first-order chi connectivity index (χ1) is 24.1. The summed E-state index contributed by atoms with van der Waals surface area (Å²) in [6.07, 6.45) is 15.1. The summed E-state index contributed by atoms with van der Waals surface area (Å²) in [5, 5.41) is 15.1. The van der Waals surface area contributed by atoms with Gasteiger partial charge in [0.05, 0.1) is 47.4 Å². The number of aliphatic hydroxyl groups is 1. The van der Waals surface area contributed by atoms with Gasteiger partial charge in [-0.05, 0) is 87.0 Å². The summed E-state index contributed by atoms with van der Waals surface area (Å²) >= 11 is 0. The Morgan fingerprint density at radius 1 is 0.960 bits per heavy atom. The Kier molecular flexibility index (Phi) is 10.8. The average Bonchev–Trinajstić information content (AvgIpc) is 3.85. The second kappa shape index (κ2) is 15.1. The normalized spacial score (nSPS) is 23.4. The SMILES string of the molecule is CCCCCCOC(CCC)C1=C(C)C2=NC1=CC1=NC(=CC3=C(C)C4=C(O)CC(=C5NC(=C2)C(C)[C@@H]5CCC(=O)OC)C4=N3)C(CC)=C1C. The zero-order chi connectivity index (χ0) is 35.7. The summed E-state index contributed by atoms with van der Waals surface area (Å²) in [6, 6.07) is 0. The smallest absolute Gasteiger partial charge is 0.305 e. The lowest BCUT2D eigenvalue weighted by Gasteiger charge is -2.21. The fourth-order valence-corrected chi connectivity index (χ4v) is 8.23. The van der Waals surface area contributed by atoms with Crippen LogP contribution in [0.1, 0.15) is 113 Å². The minimum atomic E-state index is -0.225. The van der Waals surface area contributed by atoms with Gasteiger partial charge in [-0.15, -0.1) is 0 Å². The number of rotatable bonds is 13. The van der Waals surface area contributed by atoms with Gasteiger partial charge in [0.2, 0.25) is 0 Å². The van der Waals surface area contributed by atoms with Crippen molar-refractivity contribution in [3.8, 4) is 0 Å². The molecule has 0 aromatic rings. The molecule has 0 radical (unpaired) electrons. The second-order valence-electron chi connectivity index (χ2n) is 14.4. The van der Waals surface area contributed by atoms with Crippen LogP contribution in [-0.4, -0.2) is 48.0 Å². The highest BCUT2D eigenvalue weighted by Gasteiger charge is 2.41. The number of hydrogen-bond donors (Lipinski definition) is 2. The van der Waals surface area contributed by atoms with Crippen LogP contribution in [0.25, 0.3) is 0 Å². The quantitative estimate of drug-likeness (QED) is 0.149. The molecule has 0 amide bonds. The van der Waals surface area contributed by atoms with Crippen LogP contribution in [-0.2, 0) is 14.3 Å². The summed E-state index contributed by atoms with van der Waals surface area (Å²) in [4.78, 5) is 28.1. The zero-order valence-corrected chi connectivity index (χ0v) is 31.3. The number of ether oxygens (including phenoxy) is 2. The van der Waals surface area contributed by atoms with E-state index in [0.717, 1.165) is 111 Å². The second-order valence-corrected chi connectivity index (χ2v) is 14.4. The van der Waals surface area contributed by atoms with Gasteiger partial charge in [0, 0.05) is 59.4 Å². The maximum absolute atomic E-state index is 12.4. The fraction of sp³-hybridized carbons (Fsp3) is 0.524. The maximum Gasteiger partial charge on any atom is 0.305 e. The van der Waals surface area contributed by atoms with E-state index in [1.54, 1.807) is 0 Å². The van der Waals surface area contributed by atoms with E-state index in [4.69, 9.17) is 24.5 Å². The first kappa shape index (κ1) is 35.8. The highest BCUT2D eigenvalue weighted by atomic mass is 16.5. The summed E-state index contributed by atoms with van der Waals surface area (Å²) in [5.74, 6) is 0.203. The number of nitrogens with zero attached hydrogens (tertiary/aromatic N) is 3. The molecule has 50 heavy (non-hydrogen) atoms. The minimum absolute atomic E-state index is 0.0162. The third-order valence-corrected chi connectivity index (χ3v) is 11.2. The average molecular weight is 679 g/mol. The van der Waals surface area contributed by atoms with Gasteiger partial charge in [0.25, 0.3) is 0 Å². The van der Waals surface area contributed by atoms with Gasteiger partial charge in [0.15, 0.2) is 0 Å². The number of allylic oxidation sites excluding steroid dienone is 11. The van der Waals surface area contributed by atoms with E-state index < -0.39 is 0 Å². The molecule has 0 aromatic heterocycles. The molecule has 0 saturated carbocycles. The van der Waals surface area contributed by atoms with Gasteiger partial charge in [-0.2, -0.15) is 0 Å². The van der Waals surface area contributed by atoms with Crippen LogP contribution < -0.4 is 5.32 Å². The Bertz CT molecular complexity index is 1820. The Labute approximate surface area is 298 Å². The van der Waals surface area contributed by atoms with Crippen molar-refractivity contribution >= 4 is 23.1 Å². The van der Waals surface area contributed by atoms with Crippen molar-refractivity contribution in [3.05, 3.63) is 91.5 Å². The molecule has 1 aliphatic carbocycles. The van der Waals surface area contributed by atoms with Crippen LogP contribution >= 0.6 is 0 Å².